The average molecular weight is 590 g/mol. The van der Waals surface area contributed by atoms with Crippen LogP contribution in [-0.2, 0) is 35.5 Å². The first-order chi connectivity index (χ1) is 20.9. The molecule has 1 spiro atoms. The second-order valence-electron chi connectivity index (χ2n) is 13.0. The van der Waals surface area contributed by atoms with Crippen LogP contribution in [0.25, 0.3) is 0 Å². The Morgan fingerprint density at radius 3 is 2.47 bits per heavy atom. The highest BCUT2D eigenvalue weighted by molar-refractivity contribution is 5.72. The number of aryl methyl sites for hydroxylation is 1. The van der Waals surface area contributed by atoms with E-state index in [2.05, 4.69) is 61.8 Å². The molecule has 2 saturated heterocycles. The predicted molar refractivity (Wildman–Crippen MR) is 169 cm³/mol. The zero-order valence-corrected chi connectivity index (χ0v) is 26.4. The van der Waals surface area contributed by atoms with Gasteiger partial charge in [0, 0.05) is 57.4 Å². The fourth-order valence-corrected chi connectivity index (χ4v) is 6.89. The van der Waals surface area contributed by atoms with Crippen LogP contribution in [-0.4, -0.2) is 81.2 Å². The predicted octanol–water partition coefficient (Wildman–Crippen LogP) is 4.62. The number of carbonyl (C=O) groups excluding carboxylic acids is 1. The van der Waals surface area contributed by atoms with Gasteiger partial charge in [0.2, 0.25) is 0 Å². The van der Waals surface area contributed by atoms with Crippen molar-refractivity contribution in [3.05, 3.63) is 71.8 Å². The monoisotopic (exact) mass is 589 g/mol. The number of aromatic nitrogens is 4. The lowest BCUT2D eigenvalue weighted by molar-refractivity contribution is -0.142. The lowest BCUT2D eigenvalue weighted by Gasteiger charge is -2.40. The molecule has 43 heavy (non-hydrogen) atoms. The molecule has 0 amide bonds. The van der Waals surface area contributed by atoms with Crippen LogP contribution >= 0.6 is 0 Å². The van der Waals surface area contributed by atoms with Gasteiger partial charge in [-0.1, -0.05) is 38.1 Å². The molecule has 3 aromatic rings. The standard InChI is InChI=1S/C34H51N7O2/c1-4-43-32(42)22-28-6-8-29(9-7-28)24-38-30(23-31-35-13-14-36-31)33-37-15-21-41(33)17-5-16-40-20-12-34(26-40)10-18-39(19-11-34)25-27(2)3/h6-9,13-15,21,27,30,38H,4-5,10-12,16-20,22-26H2,1-3H3,(H,35,36). The quantitative estimate of drug-likeness (QED) is 0.250. The van der Waals surface area contributed by atoms with Crippen molar-refractivity contribution in [2.75, 3.05) is 45.9 Å². The van der Waals surface area contributed by atoms with Gasteiger partial charge in [-0.15, -0.1) is 0 Å². The molecule has 2 aliphatic heterocycles. The molecule has 1 aromatic carbocycles. The molecule has 0 saturated carbocycles. The summed E-state index contributed by atoms with van der Waals surface area (Å²) in [7, 11) is 0. The number of nitrogens with zero attached hydrogens (tertiary/aromatic N) is 5. The zero-order valence-electron chi connectivity index (χ0n) is 26.4. The van der Waals surface area contributed by atoms with Gasteiger partial charge >= 0.3 is 5.97 Å². The van der Waals surface area contributed by atoms with Crippen LogP contribution in [0.3, 0.4) is 0 Å². The molecular formula is C34H51N7O2. The topological polar surface area (TPSA) is 91.3 Å². The van der Waals surface area contributed by atoms with Crippen molar-refractivity contribution in [3.8, 4) is 0 Å². The van der Waals surface area contributed by atoms with Crippen LogP contribution in [0.2, 0.25) is 0 Å². The summed E-state index contributed by atoms with van der Waals surface area (Å²) in [5, 5.41) is 3.73. The number of likely N-dealkylation sites (tertiary alicyclic amines) is 2. The third-order valence-corrected chi connectivity index (χ3v) is 9.17. The Balaban J connectivity index is 1.14. The summed E-state index contributed by atoms with van der Waals surface area (Å²) in [5.41, 5.74) is 2.67. The van der Waals surface area contributed by atoms with Crippen molar-refractivity contribution in [1.29, 1.82) is 0 Å². The van der Waals surface area contributed by atoms with E-state index >= 15 is 0 Å². The zero-order chi connectivity index (χ0) is 30.1. The maximum absolute atomic E-state index is 11.8. The number of nitrogens with one attached hydrogen (secondary N) is 2. The number of benzene rings is 1. The summed E-state index contributed by atoms with van der Waals surface area (Å²) in [6.45, 7) is 16.0. The third-order valence-electron chi connectivity index (χ3n) is 9.17. The number of hydrogen-bond donors (Lipinski definition) is 2. The highest BCUT2D eigenvalue weighted by atomic mass is 16.5. The SMILES string of the molecule is CCOC(=O)Cc1ccc(CNC(Cc2ncc[nH]2)c2nccn2CCCN2CCC3(CCN(CC(C)C)CC3)C2)cc1. The van der Waals surface area contributed by atoms with Gasteiger partial charge in [0.15, 0.2) is 0 Å². The normalized spacial score (nSPS) is 18.0. The van der Waals surface area contributed by atoms with E-state index in [0.29, 0.717) is 25.0 Å². The number of rotatable bonds is 15. The molecule has 1 atom stereocenters. The summed E-state index contributed by atoms with van der Waals surface area (Å²) in [5.74, 6) is 2.56. The number of piperidine rings is 1. The Labute approximate surface area is 257 Å². The van der Waals surface area contributed by atoms with Crippen molar-refractivity contribution >= 4 is 5.97 Å². The van der Waals surface area contributed by atoms with Crippen molar-refractivity contribution in [2.24, 2.45) is 11.3 Å². The van der Waals surface area contributed by atoms with Crippen molar-refractivity contribution in [3.63, 3.8) is 0 Å². The van der Waals surface area contributed by atoms with Gasteiger partial charge < -0.3 is 29.4 Å². The first-order valence-electron chi connectivity index (χ1n) is 16.3. The molecule has 2 aliphatic rings. The molecule has 2 aromatic heterocycles. The van der Waals surface area contributed by atoms with E-state index < -0.39 is 0 Å². The summed E-state index contributed by atoms with van der Waals surface area (Å²) in [6, 6.07) is 8.19. The highest BCUT2D eigenvalue weighted by Gasteiger charge is 2.40. The summed E-state index contributed by atoms with van der Waals surface area (Å²) >= 11 is 0. The first-order valence-corrected chi connectivity index (χ1v) is 16.3. The maximum atomic E-state index is 11.8. The summed E-state index contributed by atoms with van der Waals surface area (Å²) < 4.78 is 7.40. The molecular weight excluding hydrogens is 538 g/mol. The molecule has 0 radical (unpaired) electrons. The van der Waals surface area contributed by atoms with E-state index in [0.717, 1.165) is 54.6 Å². The Morgan fingerprint density at radius 2 is 1.77 bits per heavy atom. The maximum Gasteiger partial charge on any atom is 0.310 e. The number of hydrogen-bond acceptors (Lipinski definition) is 7. The summed E-state index contributed by atoms with van der Waals surface area (Å²) in [6.07, 6.45) is 13.9. The van der Waals surface area contributed by atoms with Gasteiger partial charge in [-0.3, -0.25) is 4.79 Å². The number of aromatic amines is 1. The molecule has 0 aliphatic carbocycles. The van der Waals surface area contributed by atoms with E-state index in [1.807, 2.05) is 31.5 Å². The van der Waals surface area contributed by atoms with Crippen LogP contribution in [0, 0.1) is 11.3 Å². The number of H-pyrrole nitrogens is 1. The lowest BCUT2D eigenvalue weighted by Crippen LogP contribution is -2.42. The number of ether oxygens (including phenoxy) is 1. The van der Waals surface area contributed by atoms with Gasteiger partial charge in [-0.05, 0) is 81.2 Å². The Bertz CT molecular complexity index is 1250. The molecule has 9 heteroatoms. The highest BCUT2D eigenvalue weighted by Crippen LogP contribution is 2.40. The van der Waals surface area contributed by atoms with Crippen LogP contribution < -0.4 is 5.32 Å². The number of esters is 1. The minimum atomic E-state index is -0.189. The van der Waals surface area contributed by atoms with E-state index in [9.17, 15) is 4.79 Å². The Kier molecular flexibility index (Phi) is 11.1. The molecule has 2 N–H and O–H groups in total. The van der Waals surface area contributed by atoms with Crippen molar-refractivity contribution in [2.45, 2.75) is 78.4 Å². The van der Waals surface area contributed by atoms with Gasteiger partial charge in [-0.25, -0.2) is 9.97 Å². The molecule has 1 unspecified atom stereocenters. The average Bonchev–Trinajstić information content (AvgIpc) is 3.76. The number of imidazole rings is 2. The fourth-order valence-electron chi connectivity index (χ4n) is 6.89. The number of carbonyl (C=O) groups is 1. The minimum Gasteiger partial charge on any atom is -0.466 e. The molecule has 4 heterocycles. The van der Waals surface area contributed by atoms with Gasteiger partial charge in [0.25, 0.3) is 0 Å². The third kappa shape index (κ3) is 9.00. The Morgan fingerprint density at radius 1 is 1.02 bits per heavy atom. The largest absolute Gasteiger partial charge is 0.466 e. The second kappa shape index (κ2) is 15.1. The second-order valence-corrected chi connectivity index (χ2v) is 13.0. The van der Waals surface area contributed by atoms with Crippen molar-refractivity contribution < 1.29 is 9.53 Å². The van der Waals surface area contributed by atoms with Gasteiger partial charge in [0.05, 0.1) is 19.1 Å². The molecule has 5 rings (SSSR count). The Hall–Kier alpha value is -3.01. The fraction of sp³-hybridized carbons (Fsp3) is 0.618. The van der Waals surface area contributed by atoms with Gasteiger partial charge in [-0.2, -0.15) is 0 Å². The first kappa shape index (κ1) is 31.4. The van der Waals surface area contributed by atoms with Gasteiger partial charge in [0.1, 0.15) is 11.6 Å². The van der Waals surface area contributed by atoms with Crippen molar-refractivity contribution in [1.82, 2.24) is 34.6 Å². The minimum absolute atomic E-state index is 0.0199. The van der Waals surface area contributed by atoms with Crippen LogP contribution in [0.4, 0.5) is 0 Å². The summed E-state index contributed by atoms with van der Waals surface area (Å²) in [4.78, 5) is 29.8. The van der Waals surface area contributed by atoms with E-state index in [-0.39, 0.29) is 12.0 Å². The smallest absolute Gasteiger partial charge is 0.310 e. The lowest BCUT2D eigenvalue weighted by atomic mass is 9.77. The van der Waals surface area contributed by atoms with E-state index in [1.165, 1.54) is 52.0 Å². The van der Waals surface area contributed by atoms with Crippen LogP contribution in [0.5, 0.6) is 0 Å². The van der Waals surface area contributed by atoms with Crippen LogP contribution in [0.1, 0.15) is 75.3 Å². The van der Waals surface area contributed by atoms with E-state index in [4.69, 9.17) is 9.72 Å². The molecule has 234 valence electrons. The van der Waals surface area contributed by atoms with E-state index in [1.54, 1.807) is 6.20 Å². The van der Waals surface area contributed by atoms with Crippen LogP contribution in [0.15, 0.2) is 49.1 Å². The molecule has 0 bridgehead atoms. The molecule has 2 fully saturated rings. The molecule has 9 nitrogen and oxygen atoms in total.